The van der Waals surface area contributed by atoms with Crippen molar-refractivity contribution in [1.29, 1.82) is 0 Å². The summed E-state index contributed by atoms with van der Waals surface area (Å²) in [5, 5.41) is 9.64. The summed E-state index contributed by atoms with van der Waals surface area (Å²) in [7, 11) is 0. The van der Waals surface area contributed by atoms with Gasteiger partial charge in [0.05, 0.1) is 5.56 Å². The molecule has 0 aliphatic rings. The molecule has 0 aliphatic heterocycles. The molecule has 5 nitrogen and oxygen atoms in total. The van der Waals surface area contributed by atoms with Gasteiger partial charge in [0.2, 0.25) is 5.95 Å². The highest BCUT2D eigenvalue weighted by Crippen LogP contribution is 2.06. The standard InChI is InChI=1S/C10H7FN4O/c11-9-7(3-1-5-12-9)10(16)14-8-4-2-6-13-15-8/h1-6H,(H,14,15,16). The molecule has 1 amide bonds. The fourth-order valence-corrected chi connectivity index (χ4v) is 1.11. The number of amides is 1. The highest BCUT2D eigenvalue weighted by atomic mass is 19.1. The van der Waals surface area contributed by atoms with Gasteiger partial charge in [-0.25, -0.2) is 4.98 Å². The van der Waals surface area contributed by atoms with Crippen molar-refractivity contribution in [2.75, 3.05) is 5.32 Å². The van der Waals surface area contributed by atoms with Crippen molar-refractivity contribution >= 4 is 11.7 Å². The largest absolute Gasteiger partial charge is 0.305 e. The molecule has 2 rings (SSSR count). The minimum absolute atomic E-state index is 0.131. The monoisotopic (exact) mass is 218 g/mol. The fraction of sp³-hybridized carbons (Fsp3) is 0. The molecular weight excluding hydrogens is 211 g/mol. The first-order valence-corrected chi connectivity index (χ1v) is 4.47. The number of pyridine rings is 1. The highest BCUT2D eigenvalue weighted by Gasteiger charge is 2.12. The number of carbonyl (C=O) groups excluding carboxylic acids is 1. The zero-order valence-corrected chi connectivity index (χ0v) is 8.09. The van der Waals surface area contributed by atoms with Gasteiger partial charge in [0.1, 0.15) is 0 Å². The van der Waals surface area contributed by atoms with Gasteiger partial charge < -0.3 is 5.32 Å². The smallest absolute Gasteiger partial charge is 0.261 e. The van der Waals surface area contributed by atoms with Crippen LogP contribution in [0.5, 0.6) is 0 Å². The number of carbonyl (C=O) groups is 1. The molecule has 2 aromatic rings. The van der Waals surface area contributed by atoms with Gasteiger partial charge in [-0.1, -0.05) is 0 Å². The maximum absolute atomic E-state index is 13.1. The van der Waals surface area contributed by atoms with E-state index in [1.54, 1.807) is 12.1 Å². The van der Waals surface area contributed by atoms with E-state index in [1.165, 1.54) is 24.5 Å². The summed E-state index contributed by atoms with van der Waals surface area (Å²) in [5.41, 5.74) is -0.131. The average Bonchev–Trinajstić information content (AvgIpc) is 2.31. The zero-order valence-electron chi connectivity index (χ0n) is 8.09. The minimum Gasteiger partial charge on any atom is -0.305 e. The van der Waals surface area contributed by atoms with Gasteiger partial charge >= 0.3 is 0 Å². The summed E-state index contributed by atoms with van der Waals surface area (Å²) in [6.45, 7) is 0. The van der Waals surface area contributed by atoms with Crippen molar-refractivity contribution in [1.82, 2.24) is 15.2 Å². The van der Waals surface area contributed by atoms with Gasteiger partial charge in [-0.2, -0.15) is 9.49 Å². The summed E-state index contributed by atoms with van der Waals surface area (Å²) in [4.78, 5) is 15.0. The Kier molecular flexibility index (Phi) is 2.81. The topological polar surface area (TPSA) is 67.8 Å². The van der Waals surface area contributed by atoms with Gasteiger partial charge in [0.15, 0.2) is 5.82 Å². The molecule has 2 aromatic heterocycles. The maximum Gasteiger partial charge on any atom is 0.261 e. The van der Waals surface area contributed by atoms with Crippen molar-refractivity contribution in [3.05, 3.63) is 48.2 Å². The van der Waals surface area contributed by atoms with E-state index in [-0.39, 0.29) is 11.4 Å². The Bertz CT molecular complexity index is 503. The quantitative estimate of drug-likeness (QED) is 0.770. The van der Waals surface area contributed by atoms with Crippen LogP contribution < -0.4 is 5.32 Å². The third kappa shape index (κ3) is 2.17. The van der Waals surface area contributed by atoms with Crippen LogP contribution in [-0.4, -0.2) is 21.1 Å². The Labute approximate surface area is 90.4 Å². The molecule has 80 valence electrons. The van der Waals surface area contributed by atoms with Crippen LogP contribution in [-0.2, 0) is 0 Å². The lowest BCUT2D eigenvalue weighted by molar-refractivity contribution is 0.102. The van der Waals surface area contributed by atoms with Gasteiger partial charge in [-0.3, -0.25) is 4.79 Å². The lowest BCUT2D eigenvalue weighted by atomic mass is 10.2. The molecule has 6 heteroatoms. The SMILES string of the molecule is O=C(Nc1cccnn1)c1cccnc1F. The first-order chi connectivity index (χ1) is 7.77. The van der Waals surface area contributed by atoms with E-state index in [2.05, 4.69) is 20.5 Å². The number of rotatable bonds is 2. The van der Waals surface area contributed by atoms with Crippen molar-refractivity contribution in [3.63, 3.8) is 0 Å². The van der Waals surface area contributed by atoms with Crippen molar-refractivity contribution in [2.24, 2.45) is 0 Å². The zero-order chi connectivity index (χ0) is 11.4. The number of anilines is 1. The second-order valence-corrected chi connectivity index (χ2v) is 2.90. The van der Waals surface area contributed by atoms with Crippen molar-refractivity contribution in [3.8, 4) is 0 Å². The molecule has 0 saturated heterocycles. The Balaban J connectivity index is 2.19. The summed E-state index contributed by atoms with van der Waals surface area (Å²) >= 11 is 0. The lowest BCUT2D eigenvalue weighted by Gasteiger charge is -2.03. The Morgan fingerprint density at radius 2 is 2.06 bits per heavy atom. The van der Waals surface area contributed by atoms with Crippen LogP contribution in [0.4, 0.5) is 10.2 Å². The molecule has 0 radical (unpaired) electrons. The van der Waals surface area contributed by atoms with E-state index >= 15 is 0 Å². The third-order valence-electron chi connectivity index (χ3n) is 1.82. The Morgan fingerprint density at radius 3 is 2.75 bits per heavy atom. The second-order valence-electron chi connectivity index (χ2n) is 2.90. The Hall–Kier alpha value is -2.37. The number of hydrogen-bond acceptors (Lipinski definition) is 4. The van der Waals surface area contributed by atoms with Crippen LogP contribution in [0.2, 0.25) is 0 Å². The number of nitrogens with one attached hydrogen (secondary N) is 1. The first-order valence-electron chi connectivity index (χ1n) is 4.47. The molecule has 0 aromatic carbocycles. The predicted molar refractivity (Wildman–Crippen MR) is 54.2 cm³/mol. The average molecular weight is 218 g/mol. The first kappa shape index (κ1) is 10.2. The number of hydrogen-bond donors (Lipinski definition) is 1. The molecule has 0 fully saturated rings. The number of halogens is 1. The molecule has 0 atom stereocenters. The van der Waals surface area contributed by atoms with E-state index in [9.17, 15) is 9.18 Å². The van der Waals surface area contributed by atoms with Crippen molar-refractivity contribution in [2.45, 2.75) is 0 Å². The number of aromatic nitrogens is 3. The van der Waals surface area contributed by atoms with E-state index in [4.69, 9.17) is 0 Å². The van der Waals surface area contributed by atoms with Crippen LogP contribution in [0.3, 0.4) is 0 Å². The van der Waals surface area contributed by atoms with Gasteiger partial charge in [-0.15, -0.1) is 5.10 Å². The van der Waals surface area contributed by atoms with Crippen LogP contribution in [0.1, 0.15) is 10.4 Å². The minimum atomic E-state index is -0.816. The molecule has 2 heterocycles. The third-order valence-corrected chi connectivity index (χ3v) is 1.82. The number of nitrogens with zero attached hydrogens (tertiary/aromatic N) is 3. The Morgan fingerprint density at radius 1 is 1.25 bits per heavy atom. The van der Waals surface area contributed by atoms with Crippen LogP contribution in [0.25, 0.3) is 0 Å². The van der Waals surface area contributed by atoms with Crippen LogP contribution in [0.15, 0.2) is 36.7 Å². The molecule has 0 unspecified atom stereocenters. The molecule has 1 N–H and O–H groups in total. The van der Waals surface area contributed by atoms with Crippen LogP contribution in [0, 0.1) is 5.95 Å². The predicted octanol–water partition coefficient (Wildman–Crippen LogP) is 1.26. The molecule has 16 heavy (non-hydrogen) atoms. The highest BCUT2D eigenvalue weighted by molar-refractivity contribution is 6.03. The van der Waals surface area contributed by atoms with Gasteiger partial charge in [0, 0.05) is 12.4 Å². The van der Waals surface area contributed by atoms with E-state index < -0.39 is 11.9 Å². The normalized spacial score (nSPS) is 9.81. The van der Waals surface area contributed by atoms with Crippen molar-refractivity contribution < 1.29 is 9.18 Å². The molecule has 0 saturated carbocycles. The van der Waals surface area contributed by atoms with Gasteiger partial charge in [0.25, 0.3) is 5.91 Å². The molecule has 0 bridgehead atoms. The van der Waals surface area contributed by atoms with Crippen LogP contribution >= 0.6 is 0 Å². The summed E-state index contributed by atoms with van der Waals surface area (Å²) in [6, 6.07) is 5.99. The van der Waals surface area contributed by atoms with E-state index in [0.29, 0.717) is 0 Å². The van der Waals surface area contributed by atoms with E-state index in [1.807, 2.05) is 0 Å². The fourth-order valence-electron chi connectivity index (χ4n) is 1.11. The summed E-state index contributed by atoms with van der Waals surface area (Å²) < 4.78 is 13.1. The van der Waals surface area contributed by atoms with E-state index in [0.717, 1.165) is 0 Å². The lowest BCUT2D eigenvalue weighted by Crippen LogP contribution is -2.15. The molecular formula is C10H7FN4O. The second kappa shape index (κ2) is 4.43. The summed E-state index contributed by atoms with van der Waals surface area (Å²) in [6.07, 6.45) is 2.74. The maximum atomic E-state index is 13.1. The summed E-state index contributed by atoms with van der Waals surface area (Å²) in [5.74, 6) is -1.16. The molecule has 0 aliphatic carbocycles. The van der Waals surface area contributed by atoms with Gasteiger partial charge in [-0.05, 0) is 24.3 Å². The molecule has 0 spiro atoms.